The fraction of sp³-hybridized carbons (Fsp3) is 0.269. The third kappa shape index (κ3) is 3.04. The molecule has 9 nitrogen and oxygen atoms in total. The SMILES string of the molecule is Cc1cccc2c1C1CC(NC2=O)c2nc3ccc(-c4cnc(N5CCNC(=O)C5)nc4)cc3n21. The monoisotopic (exact) mass is 465 g/mol. The molecule has 3 aliphatic rings. The van der Waals surface area contributed by atoms with Crippen LogP contribution in [0.15, 0.2) is 48.8 Å². The summed E-state index contributed by atoms with van der Waals surface area (Å²) in [6.07, 6.45) is 4.41. The number of anilines is 1. The van der Waals surface area contributed by atoms with E-state index in [4.69, 9.17) is 4.98 Å². The summed E-state index contributed by atoms with van der Waals surface area (Å²) in [4.78, 5) is 40.4. The maximum Gasteiger partial charge on any atom is 0.252 e. The number of carbonyl (C=O) groups excluding carboxylic acids is 2. The van der Waals surface area contributed by atoms with Crippen LogP contribution in [0.5, 0.6) is 0 Å². The first-order valence-corrected chi connectivity index (χ1v) is 11.8. The fourth-order valence-electron chi connectivity index (χ4n) is 5.67. The van der Waals surface area contributed by atoms with Gasteiger partial charge in [0.1, 0.15) is 5.82 Å². The molecule has 0 spiro atoms. The van der Waals surface area contributed by atoms with E-state index >= 15 is 0 Å². The summed E-state index contributed by atoms with van der Waals surface area (Å²) >= 11 is 0. The number of fused-ring (bicyclic) bond motifs is 9. The smallest absolute Gasteiger partial charge is 0.252 e. The van der Waals surface area contributed by atoms with Crippen molar-refractivity contribution >= 4 is 28.8 Å². The second-order valence-corrected chi connectivity index (χ2v) is 9.40. The highest BCUT2D eigenvalue weighted by Gasteiger charge is 2.41. The third-order valence-electron chi connectivity index (χ3n) is 7.30. The van der Waals surface area contributed by atoms with Gasteiger partial charge in [-0.1, -0.05) is 18.2 Å². The number of amides is 2. The molecular formula is C26H23N7O2. The molecule has 3 aliphatic heterocycles. The van der Waals surface area contributed by atoms with Crippen LogP contribution in [0.4, 0.5) is 5.95 Å². The van der Waals surface area contributed by atoms with E-state index < -0.39 is 0 Å². The molecule has 2 aromatic heterocycles. The molecule has 1 fully saturated rings. The highest BCUT2D eigenvalue weighted by Crippen LogP contribution is 2.45. The average Bonchev–Trinajstić information content (AvgIpc) is 3.36. The number of nitrogens with zero attached hydrogens (tertiary/aromatic N) is 5. The lowest BCUT2D eigenvalue weighted by atomic mass is 9.94. The number of piperazine rings is 1. The number of imidazole rings is 1. The zero-order chi connectivity index (χ0) is 23.7. The zero-order valence-electron chi connectivity index (χ0n) is 19.2. The Morgan fingerprint density at radius 2 is 1.91 bits per heavy atom. The fourth-order valence-corrected chi connectivity index (χ4v) is 5.67. The molecule has 2 N–H and O–H groups in total. The number of rotatable bonds is 2. The Balaban J connectivity index is 1.30. The van der Waals surface area contributed by atoms with Gasteiger partial charge in [0.05, 0.1) is 29.7 Å². The zero-order valence-corrected chi connectivity index (χ0v) is 19.2. The number of benzene rings is 2. The normalized spacial score (nSPS) is 20.8. The Bertz CT molecular complexity index is 1520. The van der Waals surface area contributed by atoms with Crippen LogP contribution in [-0.2, 0) is 4.79 Å². The van der Waals surface area contributed by atoms with Crippen LogP contribution >= 0.6 is 0 Å². The third-order valence-corrected chi connectivity index (χ3v) is 7.30. The largest absolute Gasteiger partial charge is 0.353 e. The lowest BCUT2D eigenvalue weighted by Crippen LogP contribution is -2.48. The number of hydrogen-bond acceptors (Lipinski definition) is 6. The highest BCUT2D eigenvalue weighted by molar-refractivity contribution is 5.97. The number of nitrogens with one attached hydrogen (secondary N) is 2. The summed E-state index contributed by atoms with van der Waals surface area (Å²) in [6.45, 7) is 3.63. The number of aryl methyl sites for hydroxylation is 1. The second kappa shape index (κ2) is 7.36. The van der Waals surface area contributed by atoms with Crippen molar-refractivity contribution in [3.8, 4) is 11.1 Å². The van der Waals surface area contributed by atoms with Gasteiger partial charge in [0.25, 0.3) is 5.91 Å². The molecule has 1 saturated heterocycles. The summed E-state index contributed by atoms with van der Waals surface area (Å²) in [5.74, 6) is 1.42. The standard InChI is InChI=1S/C26H23N7O2/c1-14-3-2-4-17-23(14)21-10-19(31-25(17)35)24-30-18-6-5-15(9-20(18)33(21)24)16-11-28-26(29-12-16)32-8-7-27-22(34)13-32/h2-6,9,11-12,19,21H,7-8,10,13H2,1H3,(H,27,34)(H,31,35). The first-order valence-electron chi connectivity index (χ1n) is 11.8. The Morgan fingerprint density at radius 3 is 2.74 bits per heavy atom. The molecule has 0 saturated carbocycles. The van der Waals surface area contributed by atoms with Crippen molar-refractivity contribution in [2.75, 3.05) is 24.5 Å². The molecule has 0 aliphatic carbocycles. The molecule has 35 heavy (non-hydrogen) atoms. The van der Waals surface area contributed by atoms with Crippen molar-refractivity contribution < 1.29 is 9.59 Å². The van der Waals surface area contributed by atoms with Crippen molar-refractivity contribution in [3.05, 3.63) is 71.3 Å². The van der Waals surface area contributed by atoms with Gasteiger partial charge in [-0.15, -0.1) is 0 Å². The van der Waals surface area contributed by atoms with Crippen molar-refractivity contribution in [2.24, 2.45) is 0 Å². The Kier molecular flexibility index (Phi) is 4.24. The van der Waals surface area contributed by atoms with E-state index in [1.807, 2.05) is 29.2 Å². The summed E-state index contributed by atoms with van der Waals surface area (Å²) in [5, 5.41) is 6.00. The maximum absolute atomic E-state index is 12.9. The van der Waals surface area contributed by atoms with Gasteiger partial charge < -0.3 is 20.1 Å². The van der Waals surface area contributed by atoms with Gasteiger partial charge in [-0.2, -0.15) is 0 Å². The van der Waals surface area contributed by atoms with Gasteiger partial charge >= 0.3 is 0 Å². The van der Waals surface area contributed by atoms with E-state index in [9.17, 15) is 9.59 Å². The van der Waals surface area contributed by atoms with Crippen LogP contribution in [0.25, 0.3) is 22.2 Å². The molecule has 2 atom stereocenters. The van der Waals surface area contributed by atoms with E-state index in [1.165, 1.54) is 0 Å². The first-order chi connectivity index (χ1) is 17.1. The molecule has 2 aromatic carbocycles. The van der Waals surface area contributed by atoms with Crippen LogP contribution in [0, 0.1) is 6.92 Å². The van der Waals surface area contributed by atoms with Crippen molar-refractivity contribution in [1.82, 2.24) is 30.2 Å². The number of hydrogen-bond donors (Lipinski definition) is 2. The summed E-state index contributed by atoms with van der Waals surface area (Å²) in [6, 6.07) is 12.0. The minimum atomic E-state index is -0.112. The molecule has 2 unspecified atom stereocenters. The quantitative estimate of drug-likeness (QED) is 0.471. The van der Waals surface area contributed by atoms with Crippen LogP contribution in [-0.4, -0.2) is 51.0 Å². The van der Waals surface area contributed by atoms with Gasteiger partial charge in [0, 0.05) is 36.6 Å². The Hall–Kier alpha value is -4.27. The molecule has 9 heteroatoms. The van der Waals surface area contributed by atoms with Gasteiger partial charge in [0.15, 0.2) is 0 Å². The van der Waals surface area contributed by atoms with Crippen LogP contribution in [0.3, 0.4) is 0 Å². The van der Waals surface area contributed by atoms with E-state index in [-0.39, 0.29) is 30.4 Å². The van der Waals surface area contributed by atoms with E-state index in [1.54, 1.807) is 12.4 Å². The predicted octanol–water partition coefficient (Wildman–Crippen LogP) is 2.52. The molecule has 7 rings (SSSR count). The summed E-state index contributed by atoms with van der Waals surface area (Å²) < 4.78 is 2.29. The molecule has 4 aromatic rings. The van der Waals surface area contributed by atoms with Crippen LogP contribution in [0.2, 0.25) is 0 Å². The van der Waals surface area contributed by atoms with Crippen molar-refractivity contribution in [1.29, 1.82) is 0 Å². The summed E-state index contributed by atoms with van der Waals surface area (Å²) in [7, 11) is 0. The number of aromatic nitrogens is 4. The second-order valence-electron chi connectivity index (χ2n) is 9.40. The maximum atomic E-state index is 12.9. The molecule has 2 amide bonds. The lowest BCUT2D eigenvalue weighted by molar-refractivity contribution is -0.120. The van der Waals surface area contributed by atoms with Gasteiger partial charge in [-0.05, 0) is 48.2 Å². The van der Waals surface area contributed by atoms with Crippen molar-refractivity contribution in [3.63, 3.8) is 0 Å². The van der Waals surface area contributed by atoms with Crippen LogP contribution < -0.4 is 15.5 Å². The molecule has 174 valence electrons. The lowest BCUT2D eigenvalue weighted by Gasteiger charge is -2.26. The Labute approximate surface area is 201 Å². The van der Waals surface area contributed by atoms with E-state index in [0.717, 1.165) is 51.1 Å². The minimum Gasteiger partial charge on any atom is -0.353 e. The average molecular weight is 466 g/mol. The van der Waals surface area contributed by atoms with E-state index in [2.05, 4.69) is 44.2 Å². The van der Waals surface area contributed by atoms with Gasteiger partial charge in [0.2, 0.25) is 11.9 Å². The molecule has 5 heterocycles. The highest BCUT2D eigenvalue weighted by atomic mass is 16.2. The van der Waals surface area contributed by atoms with Gasteiger partial charge in [-0.25, -0.2) is 15.0 Å². The number of carbonyl (C=O) groups is 2. The topological polar surface area (TPSA) is 105 Å². The van der Waals surface area contributed by atoms with Crippen molar-refractivity contribution in [2.45, 2.75) is 25.4 Å². The molecular weight excluding hydrogens is 442 g/mol. The summed E-state index contributed by atoms with van der Waals surface area (Å²) in [5.41, 5.74) is 6.77. The van der Waals surface area contributed by atoms with E-state index in [0.29, 0.717) is 19.0 Å². The van der Waals surface area contributed by atoms with Gasteiger partial charge in [-0.3, -0.25) is 9.59 Å². The first kappa shape index (κ1) is 20.1. The minimum absolute atomic E-state index is 0.0158. The predicted molar refractivity (Wildman–Crippen MR) is 130 cm³/mol. The Morgan fingerprint density at radius 1 is 1.06 bits per heavy atom. The van der Waals surface area contributed by atoms with Crippen LogP contribution in [0.1, 0.15) is 45.8 Å². The molecule has 2 bridgehead atoms. The molecule has 0 radical (unpaired) electrons.